The van der Waals surface area contributed by atoms with Gasteiger partial charge in [-0.1, -0.05) is 32.6 Å². The quantitative estimate of drug-likeness (QED) is 0.332. The van der Waals surface area contributed by atoms with Crippen molar-refractivity contribution in [2.45, 2.75) is 58.6 Å². The minimum absolute atomic E-state index is 0.0266. The highest BCUT2D eigenvalue weighted by molar-refractivity contribution is 6.76. The topological polar surface area (TPSA) is 58.3 Å². The summed E-state index contributed by atoms with van der Waals surface area (Å²) >= 11 is 0. The van der Waals surface area contributed by atoms with E-state index in [0.29, 0.717) is 6.54 Å². The van der Waals surface area contributed by atoms with Gasteiger partial charge in [-0.2, -0.15) is 5.10 Å². The summed E-state index contributed by atoms with van der Waals surface area (Å²) in [6.07, 6.45) is 0.617. The average Bonchev–Trinajstić information content (AvgIpc) is 3.02. The maximum Gasteiger partial charge on any atom is 0.258 e. The molecule has 1 atom stereocenters. The number of aryl methyl sites for hydroxylation is 3. The van der Waals surface area contributed by atoms with Gasteiger partial charge in [0.15, 0.2) is 0 Å². The minimum Gasteiger partial charge on any atom is -0.356 e. The lowest BCUT2D eigenvalue weighted by Gasteiger charge is -2.26. The molecule has 1 aliphatic rings. The van der Waals surface area contributed by atoms with Crippen molar-refractivity contribution < 1.29 is 9.47 Å². The van der Waals surface area contributed by atoms with Crippen molar-refractivity contribution in [3.05, 3.63) is 39.3 Å². The number of hydrogen-bond donors (Lipinski definition) is 0. The number of pyridine rings is 1. The lowest BCUT2D eigenvalue weighted by molar-refractivity contribution is -0.0931. The summed E-state index contributed by atoms with van der Waals surface area (Å²) in [6.45, 7) is 12.8. The van der Waals surface area contributed by atoms with Crippen LogP contribution in [-0.2, 0) is 29.5 Å². The van der Waals surface area contributed by atoms with E-state index < -0.39 is 8.07 Å². The van der Waals surface area contributed by atoms with Crippen LogP contribution in [0.5, 0.6) is 0 Å². The monoisotopic (exact) mass is 413 g/mol. The van der Waals surface area contributed by atoms with Crippen LogP contribution in [0.25, 0.3) is 21.8 Å². The number of hydrogen-bond acceptors (Lipinski definition) is 4. The number of benzene rings is 1. The fourth-order valence-electron chi connectivity index (χ4n) is 4.22. The van der Waals surface area contributed by atoms with Crippen molar-refractivity contribution in [2.75, 3.05) is 13.4 Å². The van der Waals surface area contributed by atoms with Crippen LogP contribution in [0.15, 0.2) is 16.9 Å². The molecule has 2 aromatic heterocycles. The Kier molecular flexibility index (Phi) is 5.17. The molecule has 0 fully saturated rings. The fraction of sp³-hybridized carbons (Fsp3) is 0.545. The van der Waals surface area contributed by atoms with E-state index in [1.165, 1.54) is 0 Å². The van der Waals surface area contributed by atoms with E-state index in [0.717, 1.165) is 57.7 Å². The van der Waals surface area contributed by atoms with Crippen LogP contribution in [0, 0.1) is 6.92 Å². The fourth-order valence-corrected chi connectivity index (χ4v) is 4.98. The molecule has 0 aliphatic carbocycles. The van der Waals surface area contributed by atoms with Gasteiger partial charge in [0.2, 0.25) is 0 Å². The smallest absolute Gasteiger partial charge is 0.258 e. The maximum atomic E-state index is 13.1. The van der Waals surface area contributed by atoms with Gasteiger partial charge in [0.05, 0.1) is 23.3 Å². The van der Waals surface area contributed by atoms with Gasteiger partial charge in [0.25, 0.3) is 5.56 Å². The van der Waals surface area contributed by atoms with E-state index in [1.807, 2.05) is 24.7 Å². The number of ether oxygens (including phenoxy) is 2. The molecule has 0 spiro atoms. The molecule has 1 aliphatic heterocycles. The molecular formula is C22H31N3O3Si. The Hall–Kier alpha value is -1.96. The Balaban J connectivity index is 1.74. The summed E-state index contributed by atoms with van der Waals surface area (Å²) in [4.78, 5) is 13.1. The summed E-state index contributed by atoms with van der Waals surface area (Å²) in [5.41, 5.74) is 5.12. The summed E-state index contributed by atoms with van der Waals surface area (Å²) in [5.74, 6) is 0. The highest BCUT2D eigenvalue weighted by atomic mass is 28.3. The third kappa shape index (κ3) is 3.56. The van der Waals surface area contributed by atoms with Gasteiger partial charge >= 0.3 is 0 Å². The molecule has 1 unspecified atom stereocenters. The van der Waals surface area contributed by atoms with Crippen LogP contribution >= 0.6 is 0 Å². The van der Waals surface area contributed by atoms with Crippen LogP contribution in [0.2, 0.25) is 25.7 Å². The Morgan fingerprint density at radius 3 is 2.69 bits per heavy atom. The zero-order valence-corrected chi connectivity index (χ0v) is 19.3. The largest absolute Gasteiger partial charge is 0.356 e. The molecule has 6 nitrogen and oxygen atoms in total. The lowest BCUT2D eigenvalue weighted by Crippen LogP contribution is -2.24. The summed E-state index contributed by atoms with van der Waals surface area (Å²) in [5, 5.41) is 6.54. The molecular weight excluding hydrogens is 382 g/mol. The van der Waals surface area contributed by atoms with Crippen molar-refractivity contribution >= 4 is 29.9 Å². The van der Waals surface area contributed by atoms with E-state index in [1.54, 1.807) is 4.57 Å². The molecule has 0 radical (unpaired) electrons. The first-order valence-electron chi connectivity index (χ1n) is 10.4. The van der Waals surface area contributed by atoms with Crippen LogP contribution in [0.1, 0.15) is 29.8 Å². The first-order valence-corrected chi connectivity index (χ1v) is 14.1. The van der Waals surface area contributed by atoms with E-state index in [2.05, 4.69) is 32.6 Å². The molecule has 3 heterocycles. The van der Waals surface area contributed by atoms with Crippen LogP contribution in [-0.4, -0.2) is 35.8 Å². The third-order valence-electron chi connectivity index (χ3n) is 5.79. The number of aromatic nitrogens is 3. The zero-order valence-electron chi connectivity index (χ0n) is 18.3. The second-order valence-corrected chi connectivity index (χ2v) is 14.9. The first kappa shape index (κ1) is 20.3. The molecule has 1 aromatic carbocycles. The molecule has 29 heavy (non-hydrogen) atoms. The van der Waals surface area contributed by atoms with Crippen molar-refractivity contribution in [3.63, 3.8) is 0 Å². The van der Waals surface area contributed by atoms with Crippen molar-refractivity contribution in [3.8, 4) is 0 Å². The predicted octanol–water partition coefficient (Wildman–Crippen LogP) is 4.14. The average molecular weight is 414 g/mol. The SMILES string of the molecule is CCc1nn2c3c4c(cc(C)cc4c(=O)n(C)c13)C(OCOCC[Si](C)(C)C)C2. The predicted molar refractivity (Wildman–Crippen MR) is 119 cm³/mol. The highest BCUT2D eigenvalue weighted by Crippen LogP contribution is 2.38. The number of rotatable bonds is 7. The summed E-state index contributed by atoms with van der Waals surface area (Å²) in [7, 11) is 0.729. The van der Waals surface area contributed by atoms with Gasteiger partial charge in [-0.05, 0) is 36.6 Å². The van der Waals surface area contributed by atoms with E-state index in [4.69, 9.17) is 14.6 Å². The molecule has 156 valence electrons. The second-order valence-electron chi connectivity index (χ2n) is 9.31. The Morgan fingerprint density at radius 1 is 1.24 bits per heavy atom. The Bertz CT molecular complexity index is 1140. The normalized spacial score (nSPS) is 16.4. The summed E-state index contributed by atoms with van der Waals surface area (Å²) in [6, 6.07) is 5.25. The van der Waals surface area contributed by atoms with Crippen molar-refractivity contribution in [2.24, 2.45) is 7.05 Å². The van der Waals surface area contributed by atoms with Gasteiger partial charge in [0.1, 0.15) is 12.9 Å². The Morgan fingerprint density at radius 2 is 2.00 bits per heavy atom. The zero-order chi connectivity index (χ0) is 20.9. The first-order chi connectivity index (χ1) is 13.7. The molecule has 0 amide bonds. The molecule has 0 saturated carbocycles. The van der Waals surface area contributed by atoms with Gasteiger partial charge in [-0.15, -0.1) is 0 Å². The minimum atomic E-state index is -1.12. The van der Waals surface area contributed by atoms with E-state index in [9.17, 15) is 4.79 Å². The molecule has 7 heteroatoms. The molecule has 4 rings (SSSR count). The summed E-state index contributed by atoms with van der Waals surface area (Å²) < 4.78 is 15.7. The van der Waals surface area contributed by atoms with Crippen LogP contribution < -0.4 is 5.56 Å². The maximum absolute atomic E-state index is 13.1. The molecule has 0 bridgehead atoms. The Labute approximate surface area is 172 Å². The highest BCUT2D eigenvalue weighted by Gasteiger charge is 2.29. The van der Waals surface area contributed by atoms with E-state index >= 15 is 0 Å². The van der Waals surface area contributed by atoms with Crippen molar-refractivity contribution in [1.82, 2.24) is 14.3 Å². The third-order valence-corrected chi connectivity index (χ3v) is 7.49. The molecule has 3 aromatic rings. The van der Waals surface area contributed by atoms with E-state index in [-0.39, 0.29) is 18.5 Å². The van der Waals surface area contributed by atoms with Crippen LogP contribution in [0.4, 0.5) is 0 Å². The molecule has 0 N–H and O–H groups in total. The van der Waals surface area contributed by atoms with Gasteiger partial charge < -0.3 is 14.0 Å². The standard InChI is InChI=1S/C22H31N3O3Si/c1-7-17-20-21-19-15(10-14(2)11-16(19)22(26)24(20)3)18(12-25(21)23-17)28-13-27-8-9-29(4,5)6/h10-11,18H,7-9,12-13H2,1-6H3. The lowest BCUT2D eigenvalue weighted by atomic mass is 9.95. The number of nitrogens with zero attached hydrogens (tertiary/aromatic N) is 3. The van der Waals surface area contributed by atoms with Gasteiger partial charge in [0, 0.05) is 32.5 Å². The van der Waals surface area contributed by atoms with Crippen LogP contribution in [0.3, 0.4) is 0 Å². The van der Waals surface area contributed by atoms with Crippen molar-refractivity contribution in [1.29, 1.82) is 0 Å². The second kappa shape index (κ2) is 7.38. The molecule has 0 saturated heterocycles. The van der Waals surface area contributed by atoms with Gasteiger partial charge in [-0.25, -0.2) is 0 Å². The van der Waals surface area contributed by atoms with Gasteiger partial charge in [-0.3, -0.25) is 9.48 Å².